The molecule has 0 unspecified atom stereocenters. The topological polar surface area (TPSA) is 68.8 Å². The van der Waals surface area contributed by atoms with Crippen LogP contribution in [0.3, 0.4) is 0 Å². The van der Waals surface area contributed by atoms with Gasteiger partial charge in [-0.25, -0.2) is 0 Å². The van der Waals surface area contributed by atoms with Crippen LogP contribution in [0.4, 0.5) is 0 Å². The quantitative estimate of drug-likeness (QED) is 0.919. The van der Waals surface area contributed by atoms with Crippen molar-refractivity contribution in [2.24, 2.45) is 0 Å². The summed E-state index contributed by atoms with van der Waals surface area (Å²) in [6, 6.07) is 0.399. The van der Waals surface area contributed by atoms with Crippen molar-refractivity contribution in [1.82, 2.24) is 25.2 Å². The molecule has 2 atom stereocenters. The molecule has 2 aliphatic rings. The zero-order chi connectivity index (χ0) is 15.1. The predicted octanol–water partition coefficient (Wildman–Crippen LogP) is 2.89. The summed E-state index contributed by atoms with van der Waals surface area (Å²) in [6.07, 6.45) is 7.87. The molecule has 1 saturated carbocycles. The molecule has 0 aliphatic heterocycles. The third-order valence-corrected chi connectivity index (χ3v) is 4.78. The van der Waals surface area contributed by atoms with E-state index in [4.69, 9.17) is 4.52 Å². The molecule has 1 N–H and O–H groups in total. The zero-order valence-electron chi connectivity index (χ0n) is 13.2. The van der Waals surface area contributed by atoms with Gasteiger partial charge in [0.2, 0.25) is 5.89 Å². The van der Waals surface area contributed by atoms with Crippen LogP contribution < -0.4 is 5.32 Å². The fourth-order valence-corrected chi connectivity index (χ4v) is 3.37. The second kappa shape index (κ2) is 5.50. The smallest absolute Gasteiger partial charge is 0.243 e. The molecule has 2 heterocycles. The summed E-state index contributed by atoms with van der Waals surface area (Å²) < 4.78 is 7.56. The normalized spacial score (nSPS) is 22.5. The van der Waals surface area contributed by atoms with Gasteiger partial charge in [-0.15, -0.1) is 0 Å². The van der Waals surface area contributed by atoms with Crippen molar-refractivity contribution < 1.29 is 4.52 Å². The van der Waals surface area contributed by atoms with E-state index >= 15 is 0 Å². The molecular formula is C16H23N5O. The molecule has 1 fully saturated rings. The SMILES string of the molecule is CCn1ncc2c1CCC[C@@H]2N[C@@H](C)c1nc(C2CC2)no1. The van der Waals surface area contributed by atoms with Gasteiger partial charge in [-0.2, -0.15) is 10.1 Å². The number of hydrogen-bond acceptors (Lipinski definition) is 5. The van der Waals surface area contributed by atoms with Gasteiger partial charge in [0.25, 0.3) is 0 Å². The molecule has 22 heavy (non-hydrogen) atoms. The second-order valence-electron chi connectivity index (χ2n) is 6.46. The first-order valence-corrected chi connectivity index (χ1v) is 8.40. The van der Waals surface area contributed by atoms with Gasteiger partial charge in [-0.1, -0.05) is 5.16 Å². The Labute approximate surface area is 130 Å². The van der Waals surface area contributed by atoms with E-state index in [1.807, 2.05) is 6.20 Å². The van der Waals surface area contributed by atoms with Crippen LogP contribution in [0.15, 0.2) is 10.7 Å². The van der Waals surface area contributed by atoms with Gasteiger partial charge in [0.15, 0.2) is 5.82 Å². The molecule has 2 aliphatic carbocycles. The summed E-state index contributed by atoms with van der Waals surface area (Å²) in [6.45, 7) is 5.18. The molecule has 6 nitrogen and oxygen atoms in total. The molecule has 118 valence electrons. The predicted molar refractivity (Wildman–Crippen MR) is 81.4 cm³/mol. The average Bonchev–Trinajstić information content (AvgIpc) is 3.11. The van der Waals surface area contributed by atoms with Crippen LogP contribution in [0.1, 0.15) is 80.5 Å². The van der Waals surface area contributed by atoms with Crippen LogP contribution in [0.5, 0.6) is 0 Å². The Bertz CT molecular complexity index is 657. The first-order chi connectivity index (χ1) is 10.8. The summed E-state index contributed by atoms with van der Waals surface area (Å²) in [5.74, 6) is 2.12. The van der Waals surface area contributed by atoms with Crippen LogP contribution in [-0.4, -0.2) is 19.9 Å². The van der Waals surface area contributed by atoms with E-state index in [0.29, 0.717) is 17.9 Å². The largest absolute Gasteiger partial charge is 0.338 e. The Morgan fingerprint density at radius 3 is 3.05 bits per heavy atom. The molecule has 2 aromatic heterocycles. The van der Waals surface area contributed by atoms with E-state index in [0.717, 1.165) is 25.2 Å². The first-order valence-electron chi connectivity index (χ1n) is 8.40. The minimum absolute atomic E-state index is 0.0703. The van der Waals surface area contributed by atoms with Gasteiger partial charge in [-0.3, -0.25) is 10.00 Å². The molecule has 0 aromatic carbocycles. The van der Waals surface area contributed by atoms with Crippen LogP contribution >= 0.6 is 0 Å². The van der Waals surface area contributed by atoms with Crippen molar-refractivity contribution in [2.45, 2.75) is 70.5 Å². The molecule has 0 radical (unpaired) electrons. The van der Waals surface area contributed by atoms with Gasteiger partial charge in [0.1, 0.15) is 0 Å². The molecule has 6 heteroatoms. The highest BCUT2D eigenvalue weighted by Gasteiger charge is 2.31. The first kappa shape index (κ1) is 13.9. The van der Waals surface area contributed by atoms with Crippen molar-refractivity contribution in [3.63, 3.8) is 0 Å². The van der Waals surface area contributed by atoms with Crippen molar-refractivity contribution in [2.75, 3.05) is 0 Å². The lowest BCUT2D eigenvalue weighted by atomic mass is 9.92. The molecule has 0 bridgehead atoms. The zero-order valence-corrected chi connectivity index (χ0v) is 13.2. The van der Waals surface area contributed by atoms with Crippen molar-refractivity contribution >= 4 is 0 Å². The standard InChI is InChI=1S/C16H23N5O/c1-3-21-14-6-4-5-13(12(14)9-17-21)18-10(2)16-19-15(20-22-16)11-7-8-11/h9-11,13,18H,3-8H2,1-2H3/t10-,13-/m0/s1. The summed E-state index contributed by atoms with van der Waals surface area (Å²) >= 11 is 0. The van der Waals surface area contributed by atoms with Crippen molar-refractivity contribution in [1.29, 1.82) is 0 Å². The van der Waals surface area contributed by atoms with E-state index in [-0.39, 0.29) is 6.04 Å². The third kappa shape index (κ3) is 2.45. The lowest BCUT2D eigenvalue weighted by Gasteiger charge is -2.26. The number of aryl methyl sites for hydroxylation is 1. The number of hydrogen-bond donors (Lipinski definition) is 1. The highest BCUT2D eigenvalue weighted by molar-refractivity contribution is 5.25. The number of aromatic nitrogens is 4. The average molecular weight is 301 g/mol. The summed E-state index contributed by atoms with van der Waals surface area (Å²) in [4.78, 5) is 4.55. The monoisotopic (exact) mass is 301 g/mol. The molecular weight excluding hydrogens is 278 g/mol. The summed E-state index contributed by atoms with van der Waals surface area (Å²) in [5, 5.41) is 12.3. The van der Waals surface area contributed by atoms with E-state index in [9.17, 15) is 0 Å². The van der Waals surface area contributed by atoms with Gasteiger partial charge in [0, 0.05) is 29.8 Å². The molecule has 2 aromatic rings. The fraction of sp³-hybridized carbons (Fsp3) is 0.688. The maximum atomic E-state index is 5.44. The lowest BCUT2D eigenvalue weighted by molar-refractivity contribution is 0.311. The Kier molecular flexibility index (Phi) is 3.48. The maximum absolute atomic E-state index is 5.44. The third-order valence-electron chi connectivity index (χ3n) is 4.78. The highest BCUT2D eigenvalue weighted by Crippen LogP contribution is 2.38. The van der Waals surface area contributed by atoms with Crippen LogP contribution in [0.2, 0.25) is 0 Å². The van der Waals surface area contributed by atoms with Crippen molar-refractivity contribution in [3.8, 4) is 0 Å². The van der Waals surface area contributed by atoms with Crippen LogP contribution in [0, 0.1) is 0 Å². The minimum atomic E-state index is 0.0703. The molecule has 0 spiro atoms. The summed E-state index contributed by atoms with van der Waals surface area (Å²) in [5.41, 5.74) is 2.71. The van der Waals surface area contributed by atoms with Crippen LogP contribution in [0.25, 0.3) is 0 Å². The number of fused-ring (bicyclic) bond motifs is 1. The van der Waals surface area contributed by atoms with E-state index < -0.39 is 0 Å². The number of nitrogens with zero attached hydrogens (tertiary/aromatic N) is 4. The fourth-order valence-electron chi connectivity index (χ4n) is 3.37. The van der Waals surface area contributed by atoms with Crippen molar-refractivity contribution in [3.05, 3.63) is 29.2 Å². The van der Waals surface area contributed by atoms with Gasteiger partial charge in [0.05, 0.1) is 12.2 Å². The number of nitrogens with one attached hydrogen (secondary N) is 1. The second-order valence-corrected chi connectivity index (χ2v) is 6.46. The highest BCUT2D eigenvalue weighted by atomic mass is 16.5. The van der Waals surface area contributed by atoms with Gasteiger partial charge >= 0.3 is 0 Å². The Hall–Kier alpha value is -1.69. The lowest BCUT2D eigenvalue weighted by Crippen LogP contribution is -2.28. The number of rotatable bonds is 5. The van der Waals surface area contributed by atoms with Crippen LogP contribution in [-0.2, 0) is 13.0 Å². The molecule has 4 rings (SSSR count). The maximum Gasteiger partial charge on any atom is 0.243 e. The Morgan fingerprint density at radius 2 is 2.27 bits per heavy atom. The van der Waals surface area contributed by atoms with E-state index in [1.165, 1.54) is 30.5 Å². The van der Waals surface area contributed by atoms with Gasteiger partial charge in [-0.05, 0) is 46.0 Å². The van der Waals surface area contributed by atoms with E-state index in [1.54, 1.807) is 0 Å². The Morgan fingerprint density at radius 1 is 1.41 bits per heavy atom. The van der Waals surface area contributed by atoms with Gasteiger partial charge < -0.3 is 4.52 Å². The van der Waals surface area contributed by atoms with E-state index in [2.05, 4.69) is 39.1 Å². The Balaban J connectivity index is 1.49. The minimum Gasteiger partial charge on any atom is -0.338 e. The molecule has 0 saturated heterocycles. The molecule has 0 amide bonds. The summed E-state index contributed by atoms with van der Waals surface area (Å²) in [7, 11) is 0.